The number of esters is 3. The van der Waals surface area contributed by atoms with Gasteiger partial charge in [-0.05, 0) is 83.5 Å². The Morgan fingerprint density at radius 1 is 0.350 bits per heavy atom. The van der Waals surface area contributed by atoms with Crippen LogP contribution >= 0.6 is 0 Å². The maximum absolute atomic E-state index is 12.8. The smallest absolute Gasteiger partial charge is 0.306 e. The van der Waals surface area contributed by atoms with Crippen LogP contribution in [0, 0.1) is 0 Å². The highest BCUT2D eigenvalue weighted by molar-refractivity contribution is 5.71. The van der Waals surface area contributed by atoms with Gasteiger partial charge in [-0.3, -0.25) is 14.4 Å². The second kappa shape index (κ2) is 48.8. The van der Waals surface area contributed by atoms with E-state index in [1.165, 1.54) is 96.3 Å². The fraction of sp³-hybridized carbons (Fsp3) is 0.759. The molecule has 0 unspecified atom stereocenters. The molecule has 0 aliphatic rings. The Labute approximate surface area is 370 Å². The lowest BCUT2D eigenvalue weighted by Gasteiger charge is -2.18. The number of allylic oxidation sites excluding steroid dienone is 10. The van der Waals surface area contributed by atoms with Crippen LogP contribution < -0.4 is 0 Å². The third kappa shape index (κ3) is 46.2. The van der Waals surface area contributed by atoms with Crippen molar-refractivity contribution in [2.45, 2.75) is 252 Å². The summed E-state index contributed by atoms with van der Waals surface area (Å²) in [6.45, 7) is 6.48. The predicted octanol–water partition coefficient (Wildman–Crippen LogP) is 16.5. The second-order valence-corrected chi connectivity index (χ2v) is 16.7. The van der Waals surface area contributed by atoms with E-state index in [4.69, 9.17) is 14.2 Å². The molecule has 0 saturated heterocycles. The molecule has 0 bridgehead atoms. The van der Waals surface area contributed by atoms with Crippen LogP contribution in [0.2, 0.25) is 0 Å². The van der Waals surface area contributed by atoms with E-state index < -0.39 is 6.10 Å². The summed E-state index contributed by atoms with van der Waals surface area (Å²) in [5, 5.41) is 0. The third-order valence-corrected chi connectivity index (χ3v) is 10.8. The van der Waals surface area contributed by atoms with Crippen molar-refractivity contribution >= 4 is 17.9 Å². The van der Waals surface area contributed by atoms with Gasteiger partial charge in [0.05, 0.1) is 0 Å². The van der Waals surface area contributed by atoms with Crippen LogP contribution in [0.5, 0.6) is 0 Å². The Morgan fingerprint density at radius 3 is 1.05 bits per heavy atom. The van der Waals surface area contributed by atoms with Crippen molar-refractivity contribution in [2.75, 3.05) is 13.2 Å². The minimum atomic E-state index is -0.785. The van der Waals surface area contributed by atoms with E-state index in [2.05, 4.69) is 81.5 Å². The summed E-state index contributed by atoms with van der Waals surface area (Å²) < 4.78 is 16.8. The number of ether oxygens (including phenoxy) is 3. The van der Waals surface area contributed by atoms with Crippen molar-refractivity contribution in [3.05, 3.63) is 60.8 Å². The molecule has 0 rings (SSSR count). The summed E-state index contributed by atoms with van der Waals surface area (Å²) in [4.78, 5) is 37.9. The van der Waals surface area contributed by atoms with Gasteiger partial charge >= 0.3 is 17.9 Å². The Bertz CT molecular complexity index is 1100. The Kier molecular flexibility index (Phi) is 46.4. The van der Waals surface area contributed by atoms with Crippen molar-refractivity contribution in [1.82, 2.24) is 0 Å². The summed E-state index contributed by atoms with van der Waals surface area (Å²) in [6, 6.07) is 0. The molecule has 0 N–H and O–H groups in total. The highest BCUT2D eigenvalue weighted by Gasteiger charge is 2.19. The molecular formula is C54H94O6. The number of carbonyl (C=O) groups excluding carboxylic acids is 3. The standard InChI is InChI=1S/C54H94O6/c1-4-7-10-13-16-19-22-25-26-27-28-30-32-35-38-41-44-47-53(56)59-50-51(49-58-52(55)46-43-40-37-34-31-24-21-18-15-12-9-6-3)60-54(57)48-45-42-39-36-33-29-23-20-17-14-11-8-5-2/h7,10,16,19-20,23,25-26,28,30,51H,4-6,8-9,11-15,17-18,21-22,24,27,29,31-50H2,1-3H3/b10-7-,19-16-,23-20-,26-25-,30-28-/t51-/m0/s1. The van der Waals surface area contributed by atoms with Crippen molar-refractivity contribution in [3.63, 3.8) is 0 Å². The molecule has 0 aliphatic heterocycles. The van der Waals surface area contributed by atoms with Crippen LogP contribution in [-0.2, 0) is 28.6 Å². The first kappa shape index (κ1) is 57.1. The first-order chi connectivity index (χ1) is 29.5. The van der Waals surface area contributed by atoms with Crippen molar-refractivity contribution in [1.29, 1.82) is 0 Å². The highest BCUT2D eigenvalue weighted by atomic mass is 16.6. The molecule has 0 amide bonds. The fourth-order valence-electron chi connectivity index (χ4n) is 6.96. The molecule has 1 atom stereocenters. The van der Waals surface area contributed by atoms with Gasteiger partial charge in [-0.1, -0.05) is 204 Å². The van der Waals surface area contributed by atoms with Crippen molar-refractivity contribution < 1.29 is 28.6 Å². The van der Waals surface area contributed by atoms with Gasteiger partial charge in [0.15, 0.2) is 6.10 Å². The molecule has 0 aromatic heterocycles. The number of unbranched alkanes of at least 4 members (excludes halogenated alkanes) is 24. The first-order valence-corrected chi connectivity index (χ1v) is 25.3. The average molecular weight is 839 g/mol. The highest BCUT2D eigenvalue weighted by Crippen LogP contribution is 2.14. The molecule has 0 aromatic carbocycles. The zero-order chi connectivity index (χ0) is 43.7. The van der Waals surface area contributed by atoms with Crippen molar-refractivity contribution in [2.24, 2.45) is 0 Å². The molecule has 0 radical (unpaired) electrons. The molecule has 6 nitrogen and oxygen atoms in total. The number of hydrogen-bond donors (Lipinski definition) is 0. The number of carbonyl (C=O) groups is 3. The molecule has 6 heteroatoms. The molecule has 0 aromatic rings. The monoisotopic (exact) mass is 839 g/mol. The molecule has 60 heavy (non-hydrogen) atoms. The van der Waals surface area contributed by atoms with E-state index in [0.717, 1.165) is 109 Å². The first-order valence-electron chi connectivity index (χ1n) is 25.3. The quantitative estimate of drug-likeness (QED) is 0.0263. The van der Waals surface area contributed by atoms with Crippen LogP contribution in [0.3, 0.4) is 0 Å². The molecule has 0 aliphatic carbocycles. The molecule has 0 saturated carbocycles. The Balaban J connectivity index is 4.42. The van der Waals surface area contributed by atoms with E-state index in [-0.39, 0.29) is 31.1 Å². The van der Waals surface area contributed by atoms with Crippen LogP contribution in [0.1, 0.15) is 245 Å². The van der Waals surface area contributed by atoms with Crippen LogP contribution in [0.4, 0.5) is 0 Å². The maximum Gasteiger partial charge on any atom is 0.306 e. The van der Waals surface area contributed by atoms with Crippen LogP contribution in [-0.4, -0.2) is 37.2 Å². The SMILES string of the molecule is CC/C=C\C/C=C\C/C=C\C/C=C\CCCCCCC(=O)OC[C@H](COC(=O)CCCCCCCCCCCCCC)OC(=O)CCCCCCC/C=C\CCCCCC. The normalized spacial score (nSPS) is 12.5. The molecule has 0 heterocycles. The minimum absolute atomic E-state index is 0.0838. The van der Waals surface area contributed by atoms with Gasteiger partial charge in [0.1, 0.15) is 13.2 Å². The van der Waals surface area contributed by atoms with Crippen LogP contribution in [0.15, 0.2) is 60.8 Å². The van der Waals surface area contributed by atoms with Gasteiger partial charge in [0, 0.05) is 19.3 Å². The Morgan fingerprint density at radius 2 is 0.650 bits per heavy atom. The molecular weight excluding hydrogens is 745 g/mol. The Hall–Kier alpha value is -2.89. The number of hydrogen-bond acceptors (Lipinski definition) is 6. The molecule has 0 fully saturated rings. The van der Waals surface area contributed by atoms with E-state index >= 15 is 0 Å². The lowest BCUT2D eigenvalue weighted by atomic mass is 10.0. The van der Waals surface area contributed by atoms with E-state index in [1.54, 1.807) is 0 Å². The largest absolute Gasteiger partial charge is 0.462 e. The summed E-state index contributed by atoms with van der Waals surface area (Å²) in [6.07, 6.45) is 59.1. The van der Waals surface area contributed by atoms with Gasteiger partial charge in [0.25, 0.3) is 0 Å². The van der Waals surface area contributed by atoms with E-state index in [1.807, 2.05) is 0 Å². The lowest BCUT2D eigenvalue weighted by molar-refractivity contribution is -0.167. The fourth-order valence-corrected chi connectivity index (χ4v) is 6.96. The zero-order valence-electron chi connectivity index (χ0n) is 39.5. The third-order valence-electron chi connectivity index (χ3n) is 10.8. The summed E-state index contributed by atoms with van der Waals surface area (Å²) in [5.41, 5.74) is 0. The van der Waals surface area contributed by atoms with Gasteiger partial charge in [-0.2, -0.15) is 0 Å². The van der Waals surface area contributed by atoms with E-state index in [0.29, 0.717) is 19.3 Å². The van der Waals surface area contributed by atoms with Gasteiger partial charge in [-0.25, -0.2) is 0 Å². The maximum atomic E-state index is 12.8. The van der Waals surface area contributed by atoms with Crippen LogP contribution in [0.25, 0.3) is 0 Å². The summed E-state index contributed by atoms with van der Waals surface area (Å²) in [7, 11) is 0. The van der Waals surface area contributed by atoms with Gasteiger partial charge in [-0.15, -0.1) is 0 Å². The second-order valence-electron chi connectivity index (χ2n) is 16.7. The average Bonchev–Trinajstić information content (AvgIpc) is 3.24. The molecule has 0 spiro atoms. The zero-order valence-corrected chi connectivity index (χ0v) is 39.5. The predicted molar refractivity (Wildman–Crippen MR) is 256 cm³/mol. The minimum Gasteiger partial charge on any atom is -0.462 e. The van der Waals surface area contributed by atoms with Gasteiger partial charge in [0.2, 0.25) is 0 Å². The topological polar surface area (TPSA) is 78.9 Å². The van der Waals surface area contributed by atoms with Gasteiger partial charge < -0.3 is 14.2 Å². The number of rotatable bonds is 45. The summed E-state index contributed by atoms with van der Waals surface area (Å²) in [5.74, 6) is -0.914. The van der Waals surface area contributed by atoms with E-state index in [9.17, 15) is 14.4 Å². The summed E-state index contributed by atoms with van der Waals surface area (Å²) >= 11 is 0. The molecule has 346 valence electrons. The lowest BCUT2D eigenvalue weighted by Crippen LogP contribution is -2.30. The van der Waals surface area contributed by atoms with Crippen molar-refractivity contribution in [3.8, 4) is 0 Å².